The van der Waals surface area contributed by atoms with E-state index in [9.17, 15) is 9.59 Å². The lowest BCUT2D eigenvalue weighted by atomic mass is 10.00. The molecule has 0 unspecified atom stereocenters. The zero-order chi connectivity index (χ0) is 19.6. The fraction of sp³-hybridized carbons (Fsp3) is 0.105. The summed E-state index contributed by atoms with van der Waals surface area (Å²) in [5, 5.41) is 3.67. The van der Waals surface area contributed by atoms with Gasteiger partial charge in [0, 0.05) is 11.3 Å². The number of carbonyl (C=O) groups is 1. The Bertz CT molecular complexity index is 1330. The first kappa shape index (κ1) is 17.1. The number of aromatic nitrogens is 4. The van der Waals surface area contributed by atoms with Crippen molar-refractivity contribution >= 4 is 40.2 Å². The average molecular weight is 415 g/mol. The molecule has 2 aromatic heterocycles. The van der Waals surface area contributed by atoms with E-state index in [1.807, 2.05) is 0 Å². The highest BCUT2D eigenvalue weighted by molar-refractivity contribution is 6.44. The number of esters is 1. The van der Waals surface area contributed by atoms with Gasteiger partial charge in [0.15, 0.2) is 6.10 Å². The lowest BCUT2D eigenvalue weighted by Crippen LogP contribution is -2.21. The molecule has 5 rings (SSSR count). The van der Waals surface area contributed by atoms with Gasteiger partial charge in [-0.3, -0.25) is 9.89 Å². The van der Waals surface area contributed by atoms with E-state index in [-0.39, 0.29) is 11.5 Å². The highest BCUT2D eigenvalue weighted by Gasteiger charge is 2.36. The number of benzene rings is 2. The summed E-state index contributed by atoms with van der Waals surface area (Å²) in [7, 11) is 0. The van der Waals surface area contributed by atoms with Crippen molar-refractivity contribution in [1.82, 2.24) is 19.7 Å². The largest absolute Gasteiger partial charge is 0.449 e. The highest BCUT2D eigenvalue weighted by atomic mass is 35.5. The molecule has 4 aromatic rings. The van der Waals surface area contributed by atoms with Crippen LogP contribution in [0.4, 0.5) is 0 Å². The topological polar surface area (TPSA) is 92.8 Å². The molecular weight excluding hydrogens is 403 g/mol. The van der Waals surface area contributed by atoms with Gasteiger partial charge in [-0.2, -0.15) is 4.68 Å². The van der Waals surface area contributed by atoms with Crippen LogP contribution in [0, 0.1) is 6.92 Å². The summed E-state index contributed by atoms with van der Waals surface area (Å²) in [5.74, 6) is -0.187. The fourth-order valence-electron chi connectivity index (χ4n) is 3.49. The molecule has 0 aliphatic carbocycles. The summed E-state index contributed by atoms with van der Waals surface area (Å²) in [6.07, 6.45) is -0.767. The first-order valence-corrected chi connectivity index (χ1v) is 9.17. The maximum absolute atomic E-state index is 13.1. The van der Waals surface area contributed by atoms with Crippen molar-refractivity contribution in [3.8, 4) is 5.95 Å². The van der Waals surface area contributed by atoms with Crippen LogP contribution in [-0.4, -0.2) is 25.7 Å². The molecule has 1 atom stereocenters. The molecule has 0 radical (unpaired) electrons. The molecule has 0 amide bonds. The molecule has 2 N–H and O–H groups in total. The van der Waals surface area contributed by atoms with Gasteiger partial charge in [0.25, 0.3) is 5.56 Å². The second-order valence-corrected chi connectivity index (χ2v) is 7.27. The van der Waals surface area contributed by atoms with Gasteiger partial charge >= 0.3 is 5.97 Å². The maximum atomic E-state index is 13.1. The van der Waals surface area contributed by atoms with Gasteiger partial charge in [-0.15, -0.1) is 0 Å². The zero-order valence-corrected chi connectivity index (χ0v) is 15.9. The van der Waals surface area contributed by atoms with Gasteiger partial charge in [0.05, 0.1) is 26.7 Å². The number of halogens is 2. The Labute approximate surface area is 167 Å². The lowest BCUT2D eigenvalue weighted by molar-refractivity contribution is 0.0453. The van der Waals surface area contributed by atoms with E-state index in [0.717, 1.165) is 0 Å². The van der Waals surface area contributed by atoms with Gasteiger partial charge in [0.1, 0.15) is 5.52 Å². The van der Waals surface area contributed by atoms with Gasteiger partial charge in [-0.05, 0) is 25.1 Å². The molecule has 0 fully saturated rings. The van der Waals surface area contributed by atoms with Crippen LogP contribution in [-0.2, 0) is 4.74 Å². The molecule has 7 nitrogen and oxygen atoms in total. The van der Waals surface area contributed by atoms with Gasteiger partial charge in [-0.25, -0.2) is 9.78 Å². The number of aromatic amines is 2. The monoisotopic (exact) mass is 414 g/mol. The van der Waals surface area contributed by atoms with Crippen LogP contribution >= 0.6 is 23.2 Å². The van der Waals surface area contributed by atoms with Crippen molar-refractivity contribution in [2.75, 3.05) is 0 Å². The Morgan fingerprint density at radius 1 is 1.14 bits per heavy atom. The Balaban J connectivity index is 1.67. The summed E-state index contributed by atoms with van der Waals surface area (Å²) >= 11 is 12.2. The van der Waals surface area contributed by atoms with Crippen molar-refractivity contribution in [3.05, 3.63) is 79.2 Å². The average Bonchev–Trinajstić information content (AvgIpc) is 3.33. The number of fused-ring (bicyclic) bond motifs is 2. The second kappa shape index (κ2) is 5.98. The van der Waals surface area contributed by atoms with Crippen molar-refractivity contribution in [1.29, 1.82) is 0 Å². The Hall–Kier alpha value is -3.03. The number of carbonyl (C=O) groups excluding carboxylic acids is 1. The summed E-state index contributed by atoms with van der Waals surface area (Å²) in [6.45, 7) is 1.74. The van der Waals surface area contributed by atoms with Crippen molar-refractivity contribution in [2.24, 2.45) is 0 Å². The number of ether oxygens (including phenoxy) is 1. The van der Waals surface area contributed by atoms with E-state index in [2.05, 4.69) is 15.1 Å². The second-order valence-electron chi connectivity index (χ2n) is 6.48. The number of aryl methyl sites for hydroxylation is 1. The van der Waals surface area contributed by atoms with Gasteiger partial charge in [-0.1, -0.05) is 41.4 Å². The number of hydrogen-bond acceptors (Lipinski definition) is 4. The number of hydrogen-bond donors (Lipinski definition) is 2. The molecule has 3 heterocycles. The summed E-state index contributed by atoms with van der Waals surface area (Å²) in [5.41, 5.74) is 2.79. The molecule has 0 saturated carbocycles. The van der Waals surface area contributed by atoms with Crippen LogP contribution < -0.4 is 5.56 Å². The van der Waals surface area contributed by atoms with E-state index in [1.54, 1.807) is 43.3 Å². The number of cyclic esters (lactones) is 1. The highest BCUT2D eigenvalue weighted by Crippen LogP contribution is 2.35. The molecule has 28 heavy (non-hydrogen) atoms. The Morgan fingerprint density at radius 3 is 2.75 bits per heavy atom. The van der Waals surface area contributed by atoms with Crippen LogP contribution in [0.5, 0.6) is 0 Å². The van der Waals surface area contributed by atoms with Crippen LogP contribution in [0.15, 0.2) is 41.2 Å². The fourth-order valence-corrected chi connectivity index (χ4v) is 3.85. The number of nitrogens with zero attached hydrogens (tertiary/aromatic N) is 2. The number of H-pyrrole nitrogens is 2. The third kappa shape index (κ3) is 2.33. The predicted octanol–water partition coefficient (Wildman–Crippen LogP) is 3.92. The SMILES string of the molecule is Cc1[nH]n(-c2nc3c(Cl)c(Cl)ccc3[nH]2)c(=O)c1[C@H]1OC(=O)c2ccccc21. The van der Waals surface area contributed by atoms with Crippen molar-refractivity contribution in [2.45, 2.75) is 13.0 Å². The lowest BCUT2D eigenvalue weighted by Gasteiger charge is -2.08. The van der Waals surface area contributed by atoms with E-state index < -0.39 is 12.1 Å². The van der Waals surface area contributed by atoms with Crippen molar-refractivity contribution < 1.29 is 9.53 Å². The minimum atomic E-state index is -0.767. The molecule has 0 spiro atoms. The minimum Gasteiger partial charge on any atom is -0.449 e. The van der Waals surface area contributed by atoms with Crippen molar-refractivity contribution in [3.63, 3.8) is 0 Å². The quantitative estimate of drug-likeness (QED) is 0.486. The van der Waals surface area contributed by atoms with Crippen LogP contribution in [0.2, 0.25) is 10.0 Å². The van der Waals surface area contributed by atoms with Gasteiger partial charge < -0.3 is 9.72 Å². The van der Waals surface area contributed by atoms with E-state index in [0.29, 0.717) is 43.5 Å². The third-order valence-electron chi connectivity index (χ3n) is 4.81. The predicted molar refractivity (Wildman–Crippen MR) is 104 cm³/mol. The number of rotatable bonds is 2. The molecule has 1 aliphatic heterocycles. The smallest absolute Gasteiger partial charge is 0.339 e. The molecule has 0 saturated heterocycles. The summed E-state index contributed by atoms with van der Waals surface area (Å²) < 4.78 is 6.75. The van der Waals surface area contributed by atoms with Crippen LogP contribution in [0.25, 0.3) is 17.0 Å². The minimum absolute atomic E-state index is 0.260. The van der Waals surface area contributed by atoms with Crippen LogP contribution in [0.3, 0.4) is 0 Å². The standard InChI is InChI=1S/C19H12Cl2N4O3/c1-8-13(16-9-4-2-3-5-10(9)18(27)28-16)17(26)25(24-8)19-22-12-7-6-11(20)14(21)15(12)23-19/h2-7,16,24H,1H3,(H,22,23)/t16-/m0/s1. The Kier molecular flexibility index (Phi) is 3.65. The molecule has 2 aromatic carbocycles. The molecule has 0 bridgehead atoms. The summed E-state index contributed by atoms with van der Waals surface area (Å²) in [6, 6.07) is 10.4. The van der Waals surface area contributed by atoms with E-state index in [4.69, 9.17) is 27.9 Å². The normalized spacial score (nSPS) is 15.8. The third-order valence-corrected chi connectivity index (χ3v) is 5.61. The van der Waals surface area contributed by atoms with Gasteiger partial charge in [0.2, 0.25) is 5.95 Å². The molecule has 9 heteroatoms. The van der Waals surface area contributed by atoms with E-state index in [1.165, 1.54) is 4.68 Å². The molecular formula is C19H12Cl2N4O3. The molecule has 1 aliphatic rings. The number of nitrogens with one attached hydrogen (secondary N) is 2. The zero-order valence-electron chi connectivity index (χ0n) is 14.4. The van der Waals surface area contributed by atoms with E-state index >= 15 is 0 Å². The Morgan fingerprint density at radius 2 is 1.93 bits per heavy atom. The first-order chi connectivity index (χ1) is 13.5. The summed E-state index contributed by atoms with van der Waals surface area (Å²) in [4.78, 5) is 32.7. The first-order valence-electron chi connectivity index (χ1n) is 8.41. The number of imidazole rings is 1. The van der Waals surface area contributed by atoms with Crippen LogP contribution in [0.1, 0.15) is 33.3 Å². The molecule has 140 valence electrons. The maximum Gasteiger partial charge on any atom is 0.339 e.